The molecule has 0 heterocycles. The van der Waals surface area contributed by atoms with Gasteiger partial charge in [0.1, 0.15) is 0 Å². The summed E-state index contributed by atoms with van der Waals surface area (Å²) in [7, 11) is 1.56. The molecule has 80 valence electrons. The molecule has 3 N–H and O–H groups in total. The number of nitrogens with two attached hydrogens (primary N) is 1. The van der Waals surface area contributed by atoms with Crippen molar-refractivity contribution >= 4 is 35.4 Å². The summed E-state index contributed by atoms with van der Waals surface area (Å²) in [6, 6.07) is 5.22. The van der Waals surface area contributed by atoms with E-state index in [9.17, 15) is 0 Å². The number of nitrogens with zero attached hydrogens (tertiary/aromatic N) is 2. The van der Waals surface area contributed by atoms with Gasteiger partial charge < -0.3 is 5.73 Å². The van der Waals surface area contributed by atoms with E-state index in [1.54, 1.807) is 25.2 Å². The number of aliphatic imine (C=N–C) groups is 1. The number of halogens is 2. The number of benzene rings is 1. The molecule has 0 bridgehead atoms. The van der Waals surface area contributed by atoms with Gasteiger partial charge >= 0.3 is 0 Å². The van der Waals surface area contributed by atoms with Gasteiger partial charge in [-0.3, -0.25) is 4.99 Å². The van der Waals surface area contributed by atoms with Crippen molar-refractivity contribution in [3.63, 3.8) is 0 Å². The molecule has 0 aliphatic rings. The second-order valence-corrected chi connectivity index (χ2v) is 3.43. The van der Waals surface area contributed by atoms with Gasteiger partial charge in [0.05, 0.1) is 16.3 Å². The largest absolute Gasteiger partial charge is 0.369 e. The Kier molecular flexibility index (Phi) is 4.39. The van der Waals surface area contributed by atoms with Crippen LogP contribution in [0.2, 0.25) is 10.0 Å². The topological polar surface area (TPSA) is 62.8 Å². The van der Waals surface area contributed by atoms with Crippen LogP contribution in [0.3, 0.4) is 0 Å². The zero-order valence-corrected chi connectivity index (χ0v) is 9.55. The minimum atomic E-state index is 0.217. The summed E-state index contributed by atoms with van der Waals surface area (Å²) < 4.78 is 0. The van der Waals surface area contributed by atoms with E-state index < -0.39 is 0 Å². The van der Waals surface area contributed by atoms with Gasteiger partial charge in [-0.15, -0.1) is 0 Å². The van der Waals surface area contributed by atoms with E-state index in [0.29, 0.717) is 15.6 Å². The van der Waals surface area contributed by atoms with Gasteiger partial charge in [0.15, 0.2) is 0 Å². The first kappa shape index (κ1) is 11.8. The van der Waals surface area contributed by atoms with Crippen molar-refractivity contribution in [2.45, 2.75) is 0 Å². The van der Waals surface area contributed by atoms with Crippen LogP contribution in [0.25, 0.3) is 0 Å². The number of hydrogen-bond acceptors (Lipinski definition) is 2. The molecule has 4 nitrogen and oxygen atoms in total. The zero-order chi connectivity index (χ0) is 11.3. The van der Waals surface area contributed by atoms with Crippen molar-refractivity contribution in [3.05, 3.63) is 33.8 Å². The van der Waals surface area contributed by atoms with Crippen LogP contribution in [0.5, 0.6) is 0 Å². The molecule has 0 amide bonds. The molecule has 0 spiro atoms. The Balaban J connectivity index is 2.80. The Morgan fingerprint density at radius 2 is 2.00 bits per heavy atom. The smallest absolute Gasteiger partial charge is 0.209 e. The standard InChI is InChI=1S/C9H10Cl2N4/c1-13-9(12)15-14-5-6-7(10)3-2-4-8(6)11/h2-5H,1H3,(H3,12,13,15). The molecule has 0 radical (unpaired) electrons. The van der Waals surface area contributed by atoms with E-state index in [-0.39, 0.29) is 5.96 Å². The summed E-state index contributed by atoms with van der Waals surface area (Å²) >= 11 is 11.8. The lowest BCUT2D eigenvalue weighted by Crippen LogP contribution is -2.26. The quantitative estimate of drug-likeness (QED) is 0.474. The summed E-state index contributed by atoms with van der Waals surface area (Å²) in [5.41, 5.74) is 8.52. The average molecular weight is 245 g/mol. The molecule has 0 aliphatic carbocycles. The highest BCUT2D eigenvalue weighted by molar-refractivity contribution is 6.38. The minimum absolute atomic E-state index is 0.217. The van der Waals surface area contributed by atoms with Crippen LogP contribution in [0, 0.1) is 0 Å². The first-order valence-corrected chi connectivity index (χ1v) is 4.86. The molecule has 0 aromatic heterocycles. The lowest BCUT2D eigenvalue weighted by Gasteiger charge is -2.00. The third kappa shape index (κ3) is 3.42. The first-order valence-electron chi connectivity index (χ1n) is 4.10. The predicted molar refractivity (Wildman–Crippen MR) is 64.7 cm³/mol. The van der Waals surface area contributed by atoms with Crippen molar-refractivity contribution in [2.75, 3.05) is 7.05 Å². The van der Waals surface area contributed by atoms with Crippen LogP contribution in [0.4, 0.5) is 0 Å². The molecular formula is C9H10Cl2N4. The van der Waals surface area contributed by atoms with Gasteiger partial charge in [-0.05, 0) is 12.1 Å². The van der Waals surface area contributed by atoms with Gasteiger partial charge in [0, 0.05) is 12.6 Å². The predicted octanol–water partition coefficient (Wildman–Crippen LogP) is 1.86. The van der Waals surface area contributed by atoms with Crippen molar-refractivity contribution in [2.24, 2.45) is 15.8 Å². The van der Waals surface area contributed by atoms with E-state index in [1.807, 2.05) is 0 Å². The molecule has 1 rings (SSSR count). The summed E-state index contributed by atoms with van der Waals surface area (Å²) in [4.78, 5) is 3.67. The fraction of sp³-hybridized carbons (Fsp3) is 0.111. The highest BCUT2D eigenvalue weighted by Crippen LogP contribution is 2.21. The third-order valence-electron chi connectivity index (χ3n) is 1.61. The number of guanidine groups is 1. The van der Waals surface area contributed by atoms with E-state index in [0.717, 1.165) is 0 Å². The molecular weight excluding hydrogens is 235 g/mol. The molecule has 1 aromatic rings. The maximum absolute atomic E-state index is 5.91. The average Bonchev–Trinajstić information content (AvgIpc) is 2.22. The van der Waals surface area contributed by atoms with Crippen LogP contribution >= 0.6 is 23.2 Å². The van der Waals surface area contributed by atoms with Crippen molar-refractivity contribution in [3.8, 4) is 0 Å². The molecule has 0 fully saturated rings. The Hall–Kier alpha value is -1.26. The van der Waals surface area contributed by atoms with Crippen molar-refractivity contribution < 1.29 is 0 Å². The Morgan fingerprint density at radius 3 is 2.53 bits per heavy atom. The number of hydrazone groups is 1. The SMILES string of the molecule is CN=C(N)NN=Cc1c(Cl)cccc1Cl. The lowest BCUT2D eigenvalue weighted by molar-refractivity contribution is 1.01. The number of hydrogen-bond donors (Lipinski definition) is 2. The third-order valence-corrected chi connectivity index (χ3v) is 2.27. The van der Waals surface area contributed by atoms with Crippen molar-refractivity contribution in [1.29, 1.82) is 0 Å². The summed E-state index contributed by atoms with van der Waals surface area (Å²) in [6.45, 7) is 0. The van der Waals surface area contributed by atoms with Gasteiger partial charge in [-0.1, -0.05) is 29.3 Å². The highest BCUT2D eigenvalue weighted by Gasteiger charge is 2.01. The monoisotopic (exact) mass is 244 g/mol. The fourth-order valence-electron chi connectivity index (χ4n) is 0.847. The molecule has 0 saturated heterocycles. The second-order valence-electron chi connectivity index (χ2n) is 2.61. The lowest BCUT2D eigenvalue weighted by atomic mass is 10.2. The summed E-state index contributed by atoms with van der Waals surface area (Å²) in [5, 5.41) is 4.89. The first-order chi connectivity index (χ1) is 7.15. The maximum atomic E-state index is 5.91. The van der Waals surface area contributed by atoms with E-state index >= 15 is 0 Å². The van der Waals surface area contributed by atoms with Crippen LogP contribution < -0.4 is 11.2 Å². The van der Waals surface area contributed by atoms with E-state index in [2.05, 4.69) is 15.5 Å². The molecule has 0 saturated carbocycles. The molecule has 0 unspecified atom stereocenters. The number of nitrogens with one attached hydrogen (secondary N) is 1. The Bertz CT molecular complexity index is 381. The highest BCUT2D eigenvalue weighted by atomic mass is 35.5. The molecule has 1 aromatic carbocycles. The van der Waals surface area contributed by atoms with Crippen LogP contribution in [0.15, 0.2) is 28.3 Å². The summed E-state index contributed by atoms with van der Waals surface area (Å²) in [5.74, 6) is 0.217. The molecule has 0 atom stereocenters. The molecule has 15 heavy (non-hydrogen) atoms. The summed E-state index contributed by atoms with van der Waals surface area (Å²) in [6.07, 6.45) is 1.49. The molecule has 0 aliphatic heterocycles. The fourth-order valence-corrected chi connectivity index (χ4v) is 1.34. The molecule has 6 heteroatoms. The maximum Gasteiger partial charge on any atom is 0.209 e. The van der Waals surface area contributed by atoms with Gasteiger partial charge in [0.2, 0.25) is 5.96 Å². The van der Waals surface area contributed by atoms with Gasteiger partial charge in [-0.2, -0.15) is 5.10 Å². The van der Waals surface area contributed by atoms with Crippen molar-refractivity contribution in [1.82, 2.24) is 5.43 Å². The van der Waals surface area contributed by atoms with Crippen LogP contribution in [-0.2, 0) is 0 Å². The van der Waals surface area contributed by atoms with Gasteiger partial charge in [0.25, 0.3) is 0 Å². The van der Waals surface area contributed by atoms with Crippen LogP contribution in [-0.4, -0.2) is 19.2 Å². The minimum Gasteiger partial charge on any atom is -0.369 e. The second kappa shape index (κ2) is 5.58. The van der Waals surface area contributed by atoms with Crippen LogP contribution in [0.1, 0.15) is 5.56 Å². The number of rotatable bonds is 2. The normalized spacial score (nSPS) is 12.1. The van der Waals surface area contributed by atoms with Gasteiger partial charge in [-0.25, -0.2) is 5.43 Å². The zero-order valence-electron chi connectivity index (χ0n) is 8.04. The van der Waals surface area contributed by atoms with E-state index in [4.69, 9.17) is 28.9 Å². The Morgan fingerprint density at radius 1 is 1.40 bits per heavy atom. The Labute approximate surface area is 97.8 Å². The van der Waals surface area contributed by atoms with E-state index in [1.165, 1.54) is 6.21 Å².